The van der Waals surface area contributed by atoms with E-state index in [-0.39, 0.29) is 0 Å². The highest BCUT2D eigenvalue weighted by atomic mass is 14.0. The van der Waals surface area contributed by atoms with Crippen LogP contribution in [0.2, 0.25) is 0 Å². The fraction of sp³-hybridized carbons (Fsp3) is 0.267. The van der Waals surface area contributed by atoms with E-state index in [9.17, 15) is 0 Å². The third-order valence-electron chi connectivity index (χ3n) is 5.47. The van der Waals surface area contributed by atoms with Crippen LogP contribution in [0.5, 0.6) is 0 Å². The van der Waals surface area contributed by atoms with Gasteiger partial charge in [0, 0.05) is 0 Å². The van der Waals surface area contributed by atoms with Gasteiger partial charge in [-0.15, -0.1) is 0 Å². The molecule has 0 saturated heterocycles. The number of benzene rings is 3. The van der Waals surface area contributed by atoms with E-state index in [0.717, 1.165) is 0 Å². The normalized spacial score (nSPS) is 11.5. The number of hydrogen-bond acceptors (Lipinski definition) is 0. The number of hydrogen-bond donors (Lipinski definition) is 0. The Hall–Kier alpha value is -2.86. The molecule has 0 saturated carbocycles. The van der Waals surface area contributed by atoms with Crippen LogP contribution in [-0.4, -0.2) is 0 Å². The third kappa shape index (κ3) is 7.19. The lowest BCUT2D eigenvalue weighted by Gasteiger charge is -2.01. The van der Waals surface area contributed by atoms with Gasteiger partial charge in [0.25, 0.3) is 0 Å². The highest BCUT2D eigenvalue weighted by molar-refractivity contribution is 5.73. The molecule has 0 bridgehead atoms. The molecule has 3 rings (SSSR count). The second kappa shape index (κ2) is 12.0. The second-order valence-corrected chi connectivity index (χ2v) is 8.02. The summed E-state index contributed by atoms with van der Waals surface area (Å²) in [5, 5.41) is 0. The molecule has 0 spiro atoms. The molecule has 0 amide bonds. The van der Waals surface area contributed by atoms with Crippen molar-refractivity contribution < 1.29 is 0 Å². The number of aryl methyl sites for hydroxylation is 2. The topological polar surface area (TPSA) is 0 Å². The van der Waals surface area contributed by atoms with Gasteiger partial charge in [-0.3, -0.25) is 0 Å². The maximum atomic E-state index is 2.25. The molecular weight excluding hydrogens is 360 g/mol. The van der Waals surface area contributed by atoms with Crippen molar-refractivity contribution in [1.29, 1.82) is 0 Å². The first-order valence-corrected chi connectivity index (χ1v) is 11.4. The van der Waals surface area contributed by atoms with Crippen molar-refractivity contribution >= 4 is 24.3 Å². The summed E-state index contributed by atoms with van der Waals surface area (Å²) in [4.78, 5) is 0. The van der Waals surface area contributed by atoms with Crippen molar-refractivity contribution in [2.24, 2.45) is 0 Å². The summed E-state index contributed by atoms with van der Waals surface area (Å²) in [7, 11) is 0. The summed E-state index contributed by atoms with van der Waals surface area (Å²) in [6.45, 7) is 4.48. The van der Waals surface area contributed by atoms with Crippen molar-refractivity contribution in [2.75, 3.05) is 0 Å². The van der Waals surface area contributed by atoms with Gasteiger partial charge in [-0.25, -0.2) is 0 Å². The number of unbranched alkanes of at least 4 members (excludes halogenated alkanes) is 2. The first-order valence-electron chi connectivity index (χ1n) is 11.4. The highest BCUT2D eigenvalue weighted by Crippen LogP contribution is 2.15. The molecule has 3 aromatic rings. The Morgan fingerprint density at radius 2 is 0.700 bits per heavy atom. The Labute approximate surface area is 183 Å². The Morgan fingerprint density at radius 1 is 0.433 bits per heavy atom. The minimum absolute atomic E-state index is 1.18. The SMILES string of the molecule is CCCCc1ccc(/C=C/c2ccc(/C=C/c3ccc(CCCC)cc3)cc2)cc1. The first-order chi connectivity index (χ1) is 14.8. The molecule has 0 radical (unpaired) electrons. The molecule has 0 N–H and O–H groups in total. The predicted octanol–water partition coefficient (Wildman–Crippen LogP) is 8.71. The Bertz CT molecular complexity index is 842. The molecular formula is C30H34. The minimum atomic E-state index is 1.18. The van der Waals surface area contributed by atoms with E-state index < -0.39 is 0 Å². The van der Waals surface area contributed by atoms with Crippen LogP contribution in [0.4, 0.5) is 0 Å². The molecule has 3 aromatic carbocycles. The van der Waals surface area contributed by atoms with Crippen molar-refractivity contribution in [2.45, 2.75) is 52.4 Å². The molecule has 30 heavy (non-hydrogen) atoms. The Morgan fingerprint density at radius 3 is 0.967 bits per heavy atom. The van der Waals surface area contributed by atoms with Gasteiger partial charge in [-0.05, 0) is 59.1 Å². The van der Waals surface area contributed by atoms with Crippen LogP contribution < -0.4 is 0 Å². The monoisotopic (exact) mass is 394 g/mol. The van der Waals surface area contributed by atoms with Crippen molar-refractivity contribution in [3.05, 3.63) is 106 Å². The van der Waals surface area contributed by atoms with Crippen LogP contribution in [0.1, 0.15) is 72.9 Å². The molecule has 154 valence electrons. The lowest BCUT2D eigenvalue weighted by molar-refractivity contribution is 0.795. The maximum absolute atomic E-state index is 2.25. The average Bonchev–Trinajstić information content (AvgIpc) is 2.80. The molecule has 0 atom stereocenters. The van der Waals surface area contributed by atoms with Gasteiger partial charge in [-0.2, -0.15) is 0 Å². The first kappa shape index (κ1) is 21.8. The third-order valence-corrected chi connectivity index (χ3v) is 5.47. The largest absolute Gasteiger partial charge is 0.0654 e. The number of rotatable bonds is 10. The van der Waals surface area contributed by atoms with E-state index in [1.807, 2.05) is 0 Å². The minimum Gasteiger partial charge on any atom is -0.0654 e. The van der Waals surface area contributed by atoms with E-state index >= 15 is 0 Å². The van der Waals surface area contributed by atoms with Gasteiger partial charge in [0.1, 0.15) is 0 Å². The van der Waals surface area contributed by atoms with E-state index in [1.165, 1.54) is 71.9 Å². The molecule has 0 fully saturated rings. The van der Waals surface area contributed by atoms with Gasteiger partial charge >= 0.3 is 0 Å². The Kier molecular flexibility index (Phi) is 8.72. The fourth-order valence-corrected chi connectivity index (χ4v) is 3.46. The van der Waals surface area contributed by atoms with Gasteiger partial charge in [0.15, 0.2) is 0 Å². The lowest BCUT2D eigenvalue weighted by Crippen LogP contribution is -1.84. The second-order valence-electron chi connectivity index (χ2n) is 8.02. The standard InChI is InChI=1S/C30H34/c1-3-5-7-25-9-13-27(14-10-25)17-19-29-21-23-30(24-22-29)20-18-28-15-11-26(12-16-28)8-6-4-2/h9-24H,3-8H2,1-2H3/b19-17+,20-18+. The van der Waals surface area contributed by atoms with Crippen LogP contribution in [0, 0.1) is 0 Å². The predicted molar refractivity (Wildman–Crippen MR) is 134 cm³/mol. The zero-order valence-corrected chi connectivity index (χ0v) is 18.5. The summed E-state index contributed by atoms with van der Waals surface area (Å²) in [6.07, 6.45) is 16.1. The maximum Gasteiger partial charge on any atom is -0.0256 e. The van der Waals surface area contributed by atoms with Crippen molar-refractivity contribution in [3.8, 4) is 0 Å². The molecule has 0 aromatic heterocycles. The van der Waals surface area contributed by atoms with Crippen LogP contribution in [-0.2, 0) is 12.8 Å². The van der Waals surface area contributed by atoms with Gasteiger partial charge in [-0.1, -0.05) is 124 Å². The van der Waals surface area contributed by atoms with Crippen molar-refractivity contribution in [1.82, 2.24) is 0 Å². The molecule has 0 heteroatoms. The van der Waals surface area contributed by atoms with Crippen LogP contribution in [0.15, 0.2) is 72.8 Å². The highest BCUT2D eigenvalue weighted by Gasteiger charge is 1.95. The molecule has 0 aliphatic rings. The summed E-state index contributed by atoms with van der Waals surface area (Å²) in [6, 6.07) is 26.6. The average molecular weight is 395 g/mol. The molecule has 0 aliphatic heterocycles. The van der Waals surface area contributed by atoms with Gasteiger partial charge in [0.05, 0.1) is 0 Å². The summed E-state index contributed by atoms with van der Waals surface area (Å²) >= 11 is 0. The molecule has 0 heterocycles. The molecule has 0 nitrogen and oxygen atoms in total. The van der Waals surface area contributed by atoms with Crippen LogP contribution in [0.25, 0.3) is 24.3 Å². The molecule has 0 unspecified atom stereocenters. The fourth-order valence-electron chi connectivity index (χ4n) is 3.46. The van der Waals surface area contributed by atoms with Crippen LogP contribution in [0.3, 0.4) is 0 Å². The zero-order chi connectivity index (χ0) is 21.0. The summed E-state index contributed by atoms with van der Waals surface area (Å²) in [5.41, 5.74) is 7.81. The Balaban J connectivity index is 1.55. The van der Waals surface area contributed by atoms with Crippen molar-refractivity contribution in [3.63, 3.8) is 0 Å². The quantitative estimate of drug-likeness (QED) is 0.302. The van der Waals surface area contributed by atoms with Gasteiger partial charge < -0.3 is 0 Å². The zero-order valence-electron chi connectivity index (χ0n) is 18.5. The molecule has 0 aliphatic carbocycles. The lowest BCUT2D eigenvalue weighted by atomic mass is 10.0. The smallest absolute Gasteiger partial charge is 0.0256 e. The van der Waals surface area contributed by atoms with E-state index in [4.69, 9.17) is 0 Å². The van der Waals surface area contributed by atoms with Crippen LogP contribution >= 0.6 is 0 Å². The van der Waals surface area contributed by atoms with E-state index in [2.05, 4.69) is 111 Å². The van der Waals surface area contributed by atoms with E-state index in [0.29, 0.717) is 0 Å². The van der Waals surface area contributed by atoms with E-state index in [1.54, 1.807) is 0 Å². The summed E-state index contributed by atoms with van der Waals surface area (Å²) < 4.78 is 0. The summed E-state index contributed by atoms with van der Waals surface area (Å²) in [5.74, 6) is 0. The van der Waals surface area contributed by atoms with Gasteiger partial charge in [0.2, 0.25) is 0 Å².